The van der Waals surface area contributed by atoms with Crippen LogP contribution >= 0.6 is 0 Å². The molecule has 1 aromatic heterocycles. The minimum atomic E-state index is -0.121. The summed E-state index contributed by atoms with van der Waals surface area (Å²) in [5.41, 5.74) is 0.742. The second-order valence-corrected chi connectivity index (χ2v) is 4.05. The standard InChI is InChI=1S/C12H13FN2/c13-11-3-1-2-9-5-7-15(12(9)11)10-4-6-14-8-10/h1-3,5,7,10,14H,4,6,8H2. The molecule has 0 saturated carbocycles. The van der Waals surface area contributed by atoms with Crippen molar-refractivity contribution in [2.75, 3.05) is 13.1 Å². The summed E-state index contributed by atoms with van der Waals surface area (Å²) in [5.74, 6) is -0.121. The maximum Gasteiger partial charge on any atom is 0.147 e. The van der Waals surface area contributed by atoms with Gasteiger partial charge in [0.25, 0.3) is 0 Å². The number of fused-ring (bicyclic) bond motifs is 1. The third kappa shape index (κ3) is 1.35. The maximum absolute atomic E-state index is 13.7. The molecule has 78 valence electrons. The van der Waals surface area contributed by atoms with E-state index in [4.69, 9.17) is 0 Å². The summed E-state index contributed by atoms with van der Waals surface area (Å²) in [4.78, 5) is 0. The van der Waals surface area contributed by atoms with Gasteiger partial charge in [-0.1, -0.05) is 12.1 Å². The topological polar surface area (TPSA) is 17.0 Å². The van der Waals surface area contributed by atoms with Gasteiger partial charge in [-0.2, -0.15) is 0 Å². The van der Waals surface area contributed by atoms with Crippen molar-refractivity contribution in [1.82, 2.24) is 9.88 Å². The summed E-state index contributed by atoms with van der Waals surface area (Å²) < 4.78 is 15.8. The Morgan fingerprint density at radius 3 is 3.07 bits per heavy atom. The van der Waals surface area contributed by atoms with Gasteiger partial charge in [0, 0.05) is 24.2 Å². The highest BCUT2D eigenvalue weighted by atomic mass is 19.1. The molecule has 2 nitrogen and oxygen atoms in total. The number of para-hydroxylation sites is 1. The Kier molecular flexibility index (Phi) is 1.99. The molecule has 0 radical (unpaired) electrons. The Labute approximate surface area is 87.7 Å². The monoisotopic (exact) mass is 204 g/mol. The highest BCUT2D eigenvalue weighted by Gasteiger charge is 2.18. The first-order chi connectivity index (χ1) is 7.36. The number of nitrogens with zero attached hydrogens (tertiary/aromatic N) is 1. The minimum absolute atomic E-state index is 0.121. The van der Waals surface area contributed by atoms with Crippen LogP contribution in [0.1, 0.15) is 12.5 Å². The number of halogens is 1. The zero-order chi connectivity index (χ0) is 10.3. The van der Waals surface area contributed by atoms with E-state index in [0.29, 0.717) is 6.04 Å². The average Bonchev–Trinajstić information content (AvgIpc) is 2.85. The van der Waals surface area contributed by atoms with E-state index in [9.17, 15) is 4.39 Å². The van der Waals surface area contributed by atoms with Gasteiger partial charge in [0.05, 0.1) is 5.52 Å². The van der Waals surface area contributed by atoms with Gasteiger partial charge < -0.3 is 9.88 Å². The molecule has 1 aliphatic heterocycles. The molecule has 0 spiro atoms. The predicted octanol–water partition coefficient (Wildman–Crippen LogP) is 2.31. The fourth-order valence-electron chi connectivity index (χ4n) is 2.36. The molecule has 0 bridgehead atoms. The number of hydrogen-bond donors (Lipinski definition) is 1. The van der Waals surface area contributed by atoms with Crippen molar-refractivity contribution in [1.29, 1.82) is 0 Å². The molecule has 0 aliphatic carbocycles. The lowest BCUT2D eigenvalue weighted by molar-refractivity contribution is 0.550. The van der Waals surface area contributed by atoms with Crippen molar-refractivity contribution in [2.45, 2.75) is 12.5 Å². The van der Waals surface area contributed by atoms with Crippen LogP contribution in [0.4, 0.5) is 4.39 Å². The molecular formula is C12H13FN2. The highest BCUT2D eigenvalue weighted by Crippen LogP contribution is 2.25. The van der Waals surface area contributed by atoms with E-state index in [1.54, 1.807) is 6.07 Å². The van der Waals surface area contributed by atoms with Crippen molar-refractivity contribution in [3.63, 3.8) is 0 Å². The van der Waals surface area contributed by atoms with Crippen molar-refractivity contribution < 1.29 is 4.39 Å². The van der Waals surface area contributed by atoms with Crippen LogP contribution in [0, 0.1) is 5.82 Å². The van der Waals surface area contributed by atoms with E-state index >= 15 is 0 Å². The molecule has 0 amide bonds. The molecule has 1 unspecified atom stereocenters. The first-order valence-electron chi connectivity index (χ1n) is 5.32. The third-order valence-corrected chi connectivity index (χ3v) is 3.12. The molecule has 2 aromatic rings. The van der Waals surface area contributed by atoms with Gasteiger partial charge >= 0.3 is 0 Å². The van der Waals surface area contributed by atoms with Gasteiger partial charge in [0.1, 0.15) is 5.82 Å². The minimum Gasteiger partial charge on any atom is -0.341 e. The van der Waals surface area contributed by atoms with Gasteiger partial charge in [-0.15, -0.1) is 0 Å². The Bertz CT molecular complexity index is 483. The smallest absolute Gasteiger partial charge is 0.147 e. The SMILES string of the molecule is Fc1cccc2ccn(C3CCNC3)c12. The lowest BCUT2D eigenvalue weighted by atomic mass is 10.2. The van der Waals surface area contributed by atoms with Crippen LogP contribution in [0.25, 0.3) is 10.9 Å². The molecule has 2 heterocycles. The van der Waals surface area contributed by atoms with Crippen LogP contribution in [0.2, 0.25) is 0 Å². The Hall–Kier alpha value is -1.35. The summed E-state index contributed by atoms with van der Waals surface area (Å²) in [7, 11) is 0. The van der Waals surface area contributed by atoms with E-state index < -0.39 is 0 Å². The molecule has 1 saturated heterocycles. The third-order valence-electron chi connectivity index (χ3n) is 3.12. The van der Waals surface area contributed by atoms with Crippen LogP contribution in [-0.2, 0) is 0 Å². The normalized spacial score (nSPS) is 21.3. The van der Waals surface area contributed by atoms with Crippen LogP contribution in [0.15, 0.2) is 30.5 Å². The van der Waals surface area contributed by atoms with Gasteiger partial charge in [0.15, 0.2) is 0 Å². The number of aromatic nitrogens is 1. The number of benzene rings is 1. The van der Waals surface area contributed by atoms with Gasteiger partial charge in [-0.05, 0) is 25.1 Å². The van der Waals surface area contributed by atoms with Crippen molar-refractivity contribution >= 4 is 10.9 Å². The summed E-state index contributed by atoms with van der Waals surface area (Å²) >= 11 is 0. The zero-order valence-corrected chi connectivity index (χ0v) is 8.41. The quantitative estimate of drug-likeness (QED) is 0.754. The molecule has 3 rings (SSSR count). The number of rotatable bonds is 1. The number of hydrogen-bond acceptors (Lipinski definition) is 1. The predicted molar refractivity (Wildman–Crippen MR) is 58.4 cm³/mol. The fourth-order valence-corrected chi connectivity index (χ4v) is 2.36. The Morgan fingerprint density at radius 1 is 1.33 bits per heavy atom. The second-order valence-electron chi connectivity index (χ2n) is 4.05. The largest absolute Gasteiger partial charge is 0.341 e. The van der Waals surface area contributed by atoms with E-state index in [-0.39, 0.29) is 5.82 Å². The second kappa shape index (κ2) is 3.35. The molecular weight excluding hydrogens is 191 g/mol. The molecule has 1 aromatic carbocycles. The van der Waals surface area contributed by atoms with E-state index in [1.165, 1.54) is 6.07 Å². The molecule has 1 atom stereocenters. The Balaban J connectivity index is 2.18. The molecule has 15 heavy (non-hydrogen) atoms. The van der Waals surface area contributed by atoms with E-state index in [2.05, 4.69) is 9.88 Å². The fraction of sp³-hybridized carbons (Fsp3) is 0.333. The number of nitrogens with one attached hydrogen (secondary N) is 1. The lowest BCUT2D eigenvalue weighted by Gasteiger charge is -2.12. The highest BCUT2D eigenvalue weighted by molar-refractivity contribution is 5.80. The van der Waals surface area contributed by atoms with Crippen molar-refractivity contribution in [3.8, 4) is 0 Å². The van der Waals surface area contributed by atoms with Crippen LogP contribution in [0.3, 0.4) is 0 Å². The summed E-state index contributed by atoms with van der Waals surface area (Å²) in [5, 5.41) is 4.29. The summed E-state index contributed by atoms with van der Waals surface area (Å²) in [6.07, 6.45) is 3.07. The van der Waals surface area contributed by atoms with E-state index in [0.717, 1.165) is 30.4 Å². The molecule has 1 aliphatic rings. The summed E-state index contributed by atoms with van der Waals surface area (Å²) in [6, 6.07) is 7.63. The van der Waals surface area contributed by atoms with Crippen LogP contribution in [-0.4, -0.2) is 17.7 Å². The molecule has 1 N–H and O–H groups in total. The van der Waals surface area contributed by atoms with Crippen molar-refractivity contribution in [3.05, 3.63) is 36.3 Å². The Morgan fingerprint density at radius 2 is 2.27 bits per heavy atom. The van der Waals surface area contributed by atoms with Crippen LogP contribution < -0.4 is 5.32 Å². The van der Waals surface area contributed by atoms with Gasteiger partial charge in [-0.3, -0.25) is 0 Å². The maximum atomic E-state index is 13.7. The van der Waals surface area contributed by atoms with Crippen LogP contribution in [0.5, 0.6) is 0 Å². The van der Waals surface area contributed by atoms with Gasteiger partial charge in [0.2, 0.25) is 0 Å². The van der Waals surface area contributed by atoms with E-state index in [1.807, 2.05) is 18.3 Å². The average molecular weight is 204 g/mol. The summed E-state index contributed by atoms with van der Waals surface area (Å²) in [6.45, 7) is 1.97. The zero-order valence-electron chi connectivity index (χ0n) is 8.41. The van der Waals surface area contributed by atoms with Gasteiger partial charge in [-0.25, -0.2) is 4.39 Å². The van der Waals surface area contributed by atoms with Crippen molar-refractivity contribution in [2.24, 2.45) is 0 Å². The first-order valence-corrected chi connectivity index (χ1v) is 5.32. The lowest BCUT2D eigenvalue weighted by Crippen LogP contribution is -2.12. The first kappa shape index (κ1) is 8.92. The molecule has 3 heteroatoms. The molecule has 1 fully saturated rings.